The summed E-state index contributed by atoms with van der Waals surface area (Å²) >= 11 is 0. The van der Waals surface area contributed by atoms with Crippen molar-refractivity contribution in [2.24, 2.45) is 0 Å². The molecule has 0 atom stereocenters. The van der Waals surface area contributed by atoms with Crippen LogP contribution in [0.15, 0.2) is 64.0 Å². The third-order valence-corrected chi connectivity index (χ3v) is 6.88. The maximum Gasteiger partial charge on any atom is 0.243 e. The zero-order valence-corrected chi connectivity index (χ0v) is 17.6. The van der Waals surface area contributed by atoms with Crippen LogP contribution < -0.4 is 4.74 Å². The number of benzene rings is 2. The number of nitrogens with zero attached hydrogens (tertiary/aromatic N) is 4. The van der Waals surface area contributed by atoms with Gasteiger partial charge in [-0.1, -0.05) is 35.5 Å². The predicted molar refractivity (Wildman–Crippen MR) is 111 cm³/mol. The Labute approximate surface area is 176 Å². The molecule has 9 heteroatoms. The summed E-state index contributed by atoms with van der Waals surface area (Å²) in [6.45, 7) is 4.99. The summed E-state index contributed by atoms with van der Waals surface area (Å²) in [6.07, 6.45) is 0. The fraction of sp³-hybridized carbons (Fsp3) is 0.333. The monoisotopic (exact) mass is 428 g/mol. The van der Waals surface area contributed by atoms with Crippen LogP contribution in [0.2, 0.25) is 0 Å². The van der Waals surface area contributed by atoms with Gasteiger partial charge < -0.3 is 9.26 Å². The standard InChI is InChI=1S/C21H24N4O4S/c1-2-28-19-11-7-6-10-18(19)21-22-20(29-23-21)16-24-12-14-25(15-13-24)30(26,27)17-8-4-3-5-9-17/h3-11H,2,12-16H2,1H3. The fourth-order valence-corrected chi connectivity index (χ4v) is 4.87. The van der Waals surface area contributed by atoms with Crippen molar-refractivity contribution in [2.45, 2.75) is 18.4 Å². The number of aromatic nitrogens is 2. The van der Waals surface area contributed by atoms with Gasteiger partial charge in [0.15, 0.2) is 0 Å². The number of hydrogen-bond donors (Lipinski definition) is 0. The summed E-state index contributed by atoms with van der Waals surface area (Å²) in [5.41, 5.74) is 0.785. The van der Waals surface area contributed by atoms with Gasteiger partial charge in [-0.2, -0.15) is 9.29 Å². The Kier molecular flexibility index (Phi) is 6.12. The van der Waals surface area contributed by atoms with Crippen LogP contribution in [-0.2, 0) is 16.6 Å². The molecule has 0 bridgehead atoms. The Hall–Kier alpha value is -2.75. The zero-order valence-electron chi connectivity index (χ0n) is 16.8. The molecule has 2 aromatic carbocycles. The van der Waals surface area contributed by atoms with E-state index in [2.05, 4.69) is 15.0 Å². The highest BCUT2D eigenvalue weighted by atomic mass is 32.2. The summed E-state index contributed by atoms with van der Waals surface area (Å²) in [5, 5.41) is 4.09. The van der Waals surface area contributed by atoms with Crippen molar-refractivity contribution in [3.8, 4) is 17.1 Å². The van der Waals surface area contributed by atoms with Crippen molar-refractivity contribution in [1.82, 2.24) is 19.3 Å². The van der Waals surface area contributed by atoms with Crippen LogP contribution in [0.1, 0.15) is 12.8 Å². The van der Waals surface area contributed by atoms with E-state index < -0.39 is 10.0 Å². The lowest BCUT2D eigenvalue weighted by molar-refractivity contribution is 0.163. The topological polar surface area (TPSA) is 88.8 Å². The van der Waals surface area contributed by atoms with E-state index in [1.807, 2.05) is 37.3 Å². The molecule has 1 aromatic heterocycles. The highest BCUT2D eigenvalue weighted by molar-refractivity contribution is 7.89. The molecule has 3 aromatic rings. The van der Waals surface area contributed by atoms with E-state index >= 15 is 0 Å². The van der Waals surface area contributed by atoms with E-state index in [1.165, 1.54) is 4.31 Å². The average molecular weight is 429 g/mol. The molecule has 158 valence electrons. The van der Waals surface area contributed by atoms with Gasteiger partial charge in [-0.25, -0.2) is 8.42 Å². The number of piperazine rings is 1. The first kappa shape index (κ1) is 20.5. The van der Waals surface area contributed by atoms with Gasteiger partial charge in [0.1, 0.15) is 5.75 Å². The van der Waals surface area contributed by atoms with E-state index in [1.54, 1.807) is 24.3 Å². The molecule has 0 radical (unpaired) electrons. The number of ether oxygens (including phenoxy) is 1. The van der Waals surface area contributed by atoms with E-state index in [0.717, 1.165) is 5.56 Å². The van der Waals surface area contributed by atoms with Crippen LogP contribution >= 0.6 is 0 Å². The van der Waals surface area contributed by atoms with Gasteiger partial charge in [0.25, 0.3) is 0 Å². The smallest absolute Gasteiger partial charge is 0.243 e. The molecule has 1 aliphatic heterocycles. The molecule has 0 N–H and O–H groups in total. The first-order chi connectivity index (χ1) is 14.6. The lowest BCUT2D eigenvalue weighted by atomic mass is 10.2. The van der Waals surface area contributed by atoms with Crippen molar-refractivity contribution >= 4 is 10.0 Å². The maximum absolute atomic E-state index is 12.8. The highest BCUT2D eigenvalue weighted by Crippen LogP contribution is 2.27. The predicted octanol–water partition coefficient (Wildman–Crippen LogP) is 2.64. The van der Waals surface area contributed by atoms with Crippen LogP contribution in [-0.4, -0.2) is 60.5 Å². The van der Waals surface area contributed by atoms with Crippen LogP contribution in [0.3, 0.4) is 0 Å². The maximum atomic E-state index is 12.8. The molecule has 0 unspecified atom stereocenters. The Balaban J connectivity index is 1.39. The largest absolute Gasteiger partial charge is 0.493 e. The second-order valence-electron chi connectivity index (χ2n) is 6.93. The summed E-state index contributed by atoms with van der Waals surface area (Å²) in [6, 6.07) is 16.1. The van der Waals surface area contributed by atoms with Gasteiger partial charge in [-0.3, -0.25) is 4.90 Å². The summed E-state index contributed by atoms with van der Waals surface area (Å²) < 4.78 is 38.1. The normalized spacial score (nSPS) is 15.9. The summed E-state index contributed by atoms with van der Waals surface area (Å²) in [7, 11) is -3.46. The van der Waals surface area contributed by atoms with Gasteiger partial charge >= 0.3 is 0 Å². The molecule has 1 aliphatic rings. The molecule has 4 rings (SSSR count). The van der Waals surface area contributed by atoms with Gasteiger partial charge in [-0.05, 0) is 31.2 Å². The minimum Gasteiger partial charge on any atom is -0.493 e. The molecular formula is C21H24N4O4S. The molecule has 2 heterocycles. The first-order valence-electron chi connectivity index (χ1n) is 9.90. The van der Waals surface area contributed by atoms with Crippen molar-refractivity contribution in [3.05, 3.63) is 60.5 Å². The van der Waals surface area contributed by atoms with Crippen LogP contribution in [0.25, 0.3) is 11.4 Å². The SMILES string of the molecule is CCOc1ccccc1-c1noc(CN2CCN(S(=O)(=O)c3ccccc3)CC2)n1. The van der Waals surface area contributed by atoms with Crippen molar-refractivity contribution in [3.63, 3.8) is 0 Å². The average Bonchev–Trinajstić information content (AvgIpc) is 3.24. The number of sulfonamides is 1. The lowest BCUT2D eigenvalue weighted by Crippen LogP contribution is -2.48. The quantitative estimate of drug-likeness (QED) is 0.571. The van der Waals surface area contributed by atoms with E-state index in [9.17, 15) is 8.42 Å². The van der Waals surface area contributed by atoms with Crippen molar-refractivity contribution in [1.29, 1.82) is 0 Å². The molecule has 0 spiro atoms. The molecular weight excluding hydrogens is 404 g/mol. The molecule has 30 heavy (non-hydrogen) atoms. The van der Waals surface area contributed by atoms with Crippen molar-refractivity contribution in [2.75, 3.05) is 32.8 Å². The summed E-state index contributed by atoms with van der Waals surface area (Å²) in [4.78, 5) is 6.94. The molecule has 0 aliphatic carbocycles. The van der Waals surface area contributed by atoms with E-state index in [0.29, 0.717) is 61.7 Å². The molecule has 0 saturated carbocycles. The minimum atomic E-state index is -3.46. The molecule has 1 fully saturated rings. The van der Waals surface area contributed by atoms with Gasteiger partial charge in [0, 0.05) is 26.2 Å². The summed E-state index contributed by atoms with van der Waals surface area (Å²) in [5.74, 6) is 1.70. The van der Waals surface area contributed by atoms with Crippen LogP contribution in [0, 0.1) is 0 Å². The van der Waals surface area contributed by atoms with Crippen LogP contribution in [0.4, 0.5) is 0 Å². The Bertz CT molecular complexity index is 1080. The van der Waals surface area contributed by atoms with Gasteiger partial charge in [0.05, 0.1) is 23.6 Å². The molecule has 0 amide bonds. The Morgan fingerprint density at radius 3 is 2.43 bits per heavy atom. The van der Waals surface area contributed by atoms with E-state index in [4.69, 9.17) is 9.26 Å². The van der Waals surface area contributed by atoms with E-state index in [-0.39, 0.29) is 0 Å². The minimum absolute atomic E-state index is 0.327. The Morgan fingerprint density at radius 2 is 1.70 bits per heavy atom. The number of hydrogen-bond acceptors (Lipinski definition) is 7. The second kappa shape index (κ2) is 8.95. The van der Waals surface area contributed by atoms with Crippen molar-refractivity contribution < 1.29 is 17.7 Å². The van der Waals surface area contributed by atoms with Gasteiger partial charge in [-0.15, -0.1) is 0 Å². The second-order valence-corrected chi connectivity index (χ2v) is 8.87. The first-order valence-corrected chi connectivity index (χ1v) is 11.3. The Morgan fingerprint density at radius 1 is 1.00 bits per heavy atom. The zero-order chi connectivity index (χ0) is 21.0. The lowest BCUT2D eigenvalue weighted by Gasteiger charge is -2.33. The third kappa shape index (κ3) is 4.38. The third-order valence-electron chi connectivity index (χ3n) is 4.97. The van der Waals surface area contributed by atoms with Gasteiger partial charge in [0.2, 0.25) is 21.7 Å². The highest BCUT2D eigenvalue weighted by Gasteiger charge is 2.29. The molecule has 1 saturated heterocycles. The van der Waals surface area contributed by atoms with Crippen LogP contribution in [0.5, 0.6) is 5.75 Å². The molecule has 8 nitrogen and oxygen atoms in total. The number of para-hydroxylation sites is 1. The number of rotatable bonds is 7. The fourth-order valence-electron chi connectivity index (χ4n) is 3.42.